The van der Waals surface area contributed by atoms with E-state index in [9.17, 15) is 4.79 Å². The molecule has 120 valence electrons. The molecule has 1 amide bonds. The summed E-state index contributed by atoms with van der Waals surface area (Å²) in [5.74, 6) is 3.73. The fourth-order valence-corrected chi connectivity index (χ4v) is 4.05. The molecule has 1 aliphatic carbocycles. The Labute approximate surface area is 136 Å². The predicted octanol–water partition coefficient (Wildman–Crippen LogP) is 3.69. The van der Waals surface area contributed by atoms with Crippen molar-refractivity contribution in [3.05, 3.63) is 24.2 Å². The van der Waals surface area contributed by atoms with Crippen LogP contribution in [0.15, 0.2) is 33.0 Å². The Balaban J connectivity index is 1.38. The molecule has 1 unspecified atom stereocenters. The highest BCUT2D eigenvalue weighted by atomic mass is 16.3. The number of hydrogen-bond donors (Lipinski definition) is 0. The van der Waals surface area contributed by atoms with Crippen LogP contribution < -0.4 is 0 Å². The van der Waals surface area contributed by atoms with Gasteiger partial charge in [-0.05, 0) is 25.0 Å². The molecule has 1 saturated heterocycles. The molecular weight excluding hydrogens is 290 g/mol. The molecule has 2 fully saturated rings. The van der Waals surface area contributed by atoms with Gasteiger partial charge in [0.05, 0.1) is 12.3 Å². The molecule has 1 spiro atoms. The molecule has 5 heteroatoms. The second kappa shape index (κ2) is 5.23. The van der Waals surface area contributed by atoms with Crippen molar-refractivity contribution in [3.63, 3.8) is 0 Å². The Morgan fingerprint density at radius 3 is 2.83 bits per heavy atom. The highest BCUT2D eigenvalue weighted by Crippen LogP contribution is 2.60. The van der Waals surface area contributed by atoms with E-state index in [-0.39, 0.29) is 23.0 Å². The fraction of sp³-hybridized carbons (Fsp3) is 0.611. The molecule has 1 aromatic rings. The zero-order valence-electron chi connectivity index (χ0n) is 13.2. The van der Waals surface area contributed by atoms with Crippen molar-refractivity contribution in [1.29, 1.82) is 0 Å². The van der Waals surface area contributed by atoms with Gasteiger partial charge in [0, 0.05) is 37.6 Å². The van der Waals surface area contributed by atoms with E-state index >= 15 is 0 Å². The minimum absolute atomic E-state index is 0.119. The van der Waals surface area contributed by atoms with Crippen LogP contribution in [0, 0.1) is 17.8 Å². The first-order valence-corrected chi connectivity index (χ1v) is 8.39. The number of carbonyl (C=O) groups is 1. The molecule has 0 N–H and O–H groups in total. The standard InChI is InChI=1S/C18H21N3O2/c1-2-3-10-18(19-20-18)11-7-15(22)21-13-17(8-5-9-17)16(21)14-6-4-12-23-14/h1,4,6,12,16H,3,5,7-11,13H2. The van der Waals surface area contributed by atoms with Crippen LogP contribution in [0.4, 0.5) is 0 Å². The van der Waals surface area contributed by atoms with Gasteiger partial charge in [-0.1, -0.05) is 6.42 Å². The van der Waals surface area contributed by atoms with E-state index in [4.69, 9.17) is 10.8 Å². The summed E-state index contributed by atoms with van der Waals surface area (Å²) in [4.78, 5) is 14.6. The second-order valence-electron chi connectivity index (χ2n) is 7.04. The number of amides is 1. The zero-order valence-corrected chi connectivity index (χ0v) is 13.2. The number of furan rings is 1. The lowest BCUT2D eigenvalue weighted by Gasteiger charge is -2.61. The smallest absolute Gasteiger partial charge is 0.223 e. The quantitative estimate of drug-likeness (QED) is 0.752. The van der Waals surface area contributed by atoms with Crippen molar-refractivity contribution >= 4 is 5.91 Å². The Morgan fingerprint density at radius 2 is 2.26 bits per heavy atom. The Morgan fingerprint density at radius 1 is 1.43 bits per heavy atom. The monoisotopic (exact) mass is 311 g/mol. The second-order valence-corrected chi connectivity index (χ2v) is 7.04. The lowest BCUT2D eigenvalue weighted by Crippen LogP contribution is -2.63. The molecule has 1 saturated carbocycles. The number of hydrogen-bond acceptors (Lipinski definition) is 4. The first-order valence-electron chi connectivity index (χ1n) is 8.39. The summed E-state index contributed by atoms with van der Waals surface area (Å²) in [6.07, 6.45) is 13.2. The summed E-state index contributed by atoms with van der Waals surface area (Å²) >= 11 is 0. The van der Waals surface area contributed by atoms with Gasteiger partial charge in [-0.2, -0.15) is 10.2 Å². The van der Waals surface area contributed by atoms with E-state index in [1.54, 1.807) is 6.26 Å². The maximum Gasteiger partial charge on any atom is 0.223 e. The van der Waals surface area contributed by atoms with Crippen molar-refractivity contribution in [2.75, 3.05) is 6.54 Å². The van der Waals surface area contributed by atoms with E-state index in [0.717, 1.165) is 18.7 Å². The number of carbonyl (C=O) groups excluding carboxylic acids is 1. The molecule has 3 aliphatic rings. The van der Waals surface area contributed by atoms with Crippen LogP contribution in [0.25, 0.3) is 0 Å². The van der Waals surface area contributed by atoms with Crippen molar-refractivity contribution in [2.24, 2.45) is 15.6 Å². The molecule has 0 radical (unpaired) electrons. The van der Waals surface area contributed by atoms with Crippen LogP contribution in [-0.2, 0) is 4.79 Å². The number of rotatable bonds is 6. The summed E-state index contributed by atoms with van der Waals surface area (Å²) in [5.41, 5.74) is -0.107. The van der Waals surface area contributed by atoms with E-state index in [1.807, 2.05) is 17.0 Å². The summed E-state index contributed by atoms with van der Waals surface area (Å²) in [5, 5.41) is 8.22. The zero-order chi connectivity index (χ0) is 15.9. The number of terminal acetylenes is 1. The van der Waals surface area contributed by atoms with E-state index in [1.165, 1.54) is 19.3 Å². The highest BCUT2D eigenvalue weighted by molar-refractivity contribution is 5.78. The molecule has 4 rings (SSSR count). The average molecular weight is 311 g/mol. The van der Waals surface area contributed by atoms with Gasteiger partial charge in [-0.25, -0.2) is 0 Å². The molecule has 0 bridgehead atoms. The molecule has 23 heavy (non-hydrogen) atoms. The number of likely N-dealkylation sites (tertiary alicyclic amines) is 1. The Kier molecular flexibility index (Phi) is 3.29. The normalized spacial score (nSPS) is 25.5. The first-order chi connectivity index (χ1) is 11.2. The van der Waals surface area contributed by atoms with Crippen LogP contribution in [0.2, 0.25) is 0 Å². The van der Waals surface area contributed by atoms with Gasteiger partial charge in [0.15, 0.2) is 5.66 Å². The summed E-state index contributed by atoms with van der Waals surface area (Å²) in [7, 11) is 0. The summed E-state index contributed by atoms with van der Waals surface area (Å²) in [6, 6.07) is 4.01. The molecule has 1 atom stereocenters. The van der Waals surface area contributed by atoms with Crippen molar-refractivity contribution in [3.8, 4) is 12.3 Å². The van der Waals surface area contributed by atoms with Gasteiger partial charge in [-0.3, -0.25) is 4.79 Å². The van der Waals surface area contributed by atoms with Crippen molar-refractivity contribution < 1.29 is 9.21 Å². The summed E-state index contributed by atoms with van der Waals surface area (Å²) < 4.78 is 5.61. The maximum atomic E-state index is 12.7. The lowest BCUT2D eigenvalue weighted by molar-refractivity contribution is -0.172. The van der Waals surface area contributed by atoms with Gasteiger partial charge in [0.2, 0.25) is 5.91 Å². The molecule has 1 aromatic heterocycles. The highest BCUT2D eigenvalue weighted by Gasteiger charge is 2.59. The third-order valence-electron chi connectivity index (χ3n) is 5.65. The Bertz CT molecular complexity index is 661. The third-order valence-corrected chi connectivity index (χ3v) is 5.65. The van der Waals surface area contributed by atoms with Crippen molar-refractivity contribution in [2.45, 2.75) is 56.7 Å². The van der Waals surface area contributed by atoms with Gasteiger partial charge in [0.25, 0.3) is 0 Å². The minimum Gasteiger partial charge on any atom is -0.467 e. The molecule has 5 nitrogen and oxygen atoms in total. The largest absolute Gasteiger partial charge is 0.467 e. The van der Waals surface area contributed by atoms with Gasteiger partial charge in [0.1, 0.15) is 5.76 Å². The molecule has 3 heterocycles. The van der Waals surface area contributed by atoms with Crippen LogP contribution in [0.3, 0.4) is 0 Å². The maximum absolute atomic E-state index is 12.7. The third kappa shape index (κ3) is 2.37. The van der Waals surface area contributed by atoms with E-state index < -0.39 is 0 Å². The molecule has 0 aromatic carbocycles. The minimum atomic E-state index is -0.374. The Hall–Kier alpha value is -2.09. The van der Waals surface area contributed by atoms with E-state index in [0.29, 0.717) is 19.3 Å². The topological polar surface area (TPSA) is 58.2 Å². The fourth-order valence-electron chi connectivity index (χ4n) is 4.05. The van der Waals surface area contributed by atoms with Crippen LogP contribution >= 0.6 is 0 Å². The predicted molar refractivity (Wildman–Crippen MR) is 84.3 cm³/mol. The molecule has 2 aliphatic heterocycles. The average Bonchev–Trinajstić information content (AvgIpc) is 3.06. The van der Waals surface area contributed by atoms with Crippen molar-refractivity contribution in [1.82, 2.24) is 4.90 Å². The SMILES string of the molecule is C#CCCC1(CCC(=O)N2CC3(CCC3)C2c2ccco2)N=N1. The molecular formula is C18H21N3O2. The van der Waals surface area contributed by atoms with Gasteiger partial charge in [-0.15, -0.1) is 12.3 Å². The van der Waals surface area contributed by atoms with Gasteiger partial charge < -0.3 is 9.32 Å². The van der Waals surface area contributed by atoms with Gasteiger partial charge >= 0.3 is 0 Å². The van der Waals surface area contributed by atoms with E-state index in [2.05, 4.69) is 16.1 Å². The lowest BCUT2D eigenvalue weighted by atomic mass is 9.57. The van der Waals surface area contributed by atoms with Crippen LogP contribution in [-0.4, -0.2) is 23.0 Å². The first kappa shape index (κ1) is 14.5. The van der Waals surface area contributed by atoms with Crippen LogP contribution in [0.5, 0.6) is 0 Å². The number of nitrogens with zero attached hydrogens (tertiary/aromatic N) is 3. The summed E-state index contributed by atoms with van der Waals surface area (Å²) in [6.45, 7) is 0.864. The van der Waals surface area contributed by atoms with Crippen LogP contribution in [0.1, 0.15) is 56.7 Å².